The first kappa shape index (κ1) is 19.9. The first-order valence-electron chi connectivity index (χ1n) is 8.94. The van der Waals surface area contributed by atoms with E-state index in [0.29, 0.717) is 19.6 Å². The second-order valence-electron chi connectivity index (χ2n) is 7.34. The first-order chi connectivity index (χ1) is 12.2. The summed E-state index contributed by atoms with van der Waals surface area (Å²) >= 11 is 0. The zero-order valence-corrected chi connectivity index (χ0v) is 15.1. The van der Waals surface area contributed by atoms with E-state index in [1.54, 1.807) is 0 Å². The summed E-state index contributed by atoms with van der Waals surface area (Å²) in [5.41, 5.74) is 0. The van der Waals surface area contributed by atoms with Crippen molar-refractivity contribution in [1.82, 2.24) is 0 Å². The van der Waals surface area contributed by atoms with Crippen molar-refractivity contribution in [1.29, 1.82) is 0 Å². The van der Waals surface area contributed by atoms with Crippen LogP contribution in [0.1, 0.15) is 38.5 Å². The fraction of sp³-hybridized carbons (Fsp3) is 0.938. The predicted octanol–water partition coefficient (Wildman–Crippen LogP) is 2.01. The molecule has 150 valence electrons. The quantitative estimate of drug-likeness (QED) is 0.398. The van der Waals surface area contributed by atoms with Crippen LogP contribution in [-0.2, 0) is 29.1 Å². The van der Waals surface area contributed by atoms with Crippen molar-refractivity contribution in [3.8, 4) is 0 Å². The predicted molar refractivity (Wildman–Crippen MR) is 85.1 cm³/mol. The maximum Gasteiger partial charge on any atom is 0.402 e. The molecule has 2 saturated carbocycles. The van der Waals surface area contributed by atoms with Crippen molar-refractivity contribution < 1.29 is 40.8 Å². The molecule has 0 aromatic carbocycles. The van der Waals surface area contributed by atoms with Gasteiger partial charge < -0.3 is 14.2 Å². The lowest BCUT2D eigenvalue weighted by Crippen LogP contribution is -2.44. The van der Waals surface area contributed by atoms with Gasteiger partial charge in [0.2, 0.25) is 0 Å². The number of rotatable bonds is 7. The van der Waals surface area contributed by atoms with Crippen molar-refractivity contribution in [2.24, 2.45) is 17.8 Å². The largest absolute Gasteiger partial charge is 0.458 e. The Morgan fingerprint density at radius 3 is 2.46 bits per heavy atom. The van der Waals surface area contributed by atoms with Crippen LogP contribution in [0.25, 0.3) is 0 Å². The van der Waals surface area contributed by atoms with Crippen LogP contribution in [0.2, 0.25) is 0 Å². The Bertz CT molecular complexity index is 620. The smallest absolute Gasteiger partial charge is 0.402 e. The molecule has 3 rings (SSSR count). The first-order valence-corrected chi connectivity index (χ1v) is 10.4. The number of halogens is 2. The molecule has 26 heavy (non-hydrogen) atoms. The molecule has 0 aromatic rings. The van der Waals surface area contributed by atoms with E-state index in [1.807, 2.05) is 0 Å². The molecule has 1 saturated heterocycles. The van der Waals surface area contributed by atoms with E-state index in [2.05, 4.69) is 4.74 Å². The van der Waals surface area contributed by atoms with Crippen molar-refractivity contribution in [2.75, 3.05) is 19.8 Å². The third kappa shape index (κ3) is 4.52. The second-order valence-corrected chi connectivity index (χ2v) is 8.89. The molecule has 7 nitrogen and oxygen atoms in total. The van der Waals surface area contributed by atoms with E-state index in [0.717, 1.165) is 32.1 Å². The van der Waals surface area contributed by atoms with Gasteiger partial charge in [0.05, 0.1) is 25.2 Å². The Morgan fingerprint density at radius 1 is 1.15 bits per heavy atom. The molecule has 0 radical (unpaired) electrons. The van der Waals surface area contributed by atoms with E-state index in [9.17, 15) is 22.0 Å². The van der Waals surface area contributed by atoms with Crippen LogP contribution in [0, 0.1) is 17.8 Å². The van der Waals surface area contributed by atoms with Gasteiger partial charge in [0, 0.05) is 0 Å². The fourth-order valence-electron chi connectivity index (χ4n) is 4.18. The Kier molecular flexibility index (Phi) is 5.86. The summed E-state index contributed by atoms with van der Waals surface area (Å²) < 4.78 is 72.0. The topological polar surface area (TPSA) is 102 Å². The maximum absolute atomic E-state index is 13.3. The molecular formula is C16H24F2O7S. The Balaban J connectivity index is 1.59. The highest BCUT2D eigenvalue weighted by atomic mass is 32.2. The lowest BCUT2D eigenvalue weighted by Gasteiger charge is -2.44. The molecule has 2 aliphatic carbocycles. The van der Waals surface area contributed by atoms with E-state index < -0.39 is 33.9 Å². The number of hydrogen-bond acceptors (Lipinski definition) is 6. The molecule has 3 aliphatic rings. The molecule has 5 unspecified atom stereocenters. The molecule has 10 heteroatoms. The molecule has 3 fully saturated rings. The molecule has 0 amide bonds. The summed E-state index contributed by atoms with van der Waals surface area (Å²) in [6, 6.07) is 0. The summed E-state index contributed by atoms with van der Waals surface area (Å²) in [6.45, 7) is -0.432. The lowest BCUT2D eigenvalue weighted by atomic mass is 9.64. The molecule has 0 bridgehead atoms. The van der Waals surface area contributed by atoms with Crippen LogP contribution in [0.5, 0.6) is 0 Å². The molecule has 1 aliphatic heterocycles. The minimum atomic E-state index is -5.61. The van der Waals surface area contributed by atoms with Crippen molar-refractivity contribution in [3.63, 3.8) is 0 Å². The number of hydrogen-bond donors (Lipinski definition) is 1. The molecular weight excluding hydrogens is 374 g/mol. The average Bonchev–Trinajstić information content (AvgIpc) is 3.40. The highest BCUT2D eigenvalue weighted by Gasteiger charge is 2.48. The van der Waals surface area contributed by atoms with Gasteiger partial charge >= 0.3 is 21.3 Å². The van der Waals surface area contributed by atoms with Crippen molar-refractivity contribution in [3.05, 3.63) is 0 Å². The second kappa shape index (κ2) is 7.65. The molecule has 0 spiro atoms. The zero-order chi connectivity index (χ0) is 18.9. The standard InChI is InChI=1S/C16H24F2O7S/c17-16(18,26(20,21)22)9-25-15(19)13-5-1-4-12-11(13)3-2-6-14(12)24-8-10-7-23-10/h10-14H,1-9H2,(H,20,21,22). The number of carbonyl (C=O) groups is 1. The molecule has 5 atom stereocenters. The molecule has 1 heterocycles. The average molecular weight is 398 g/mol. The van der Waals surface area contributed by atoms with Crippen LogP contribution < -0.4 is 0 Å². The van der Waals surface area contributed by atoms with Gasteiger partial charge in [0.1, 0.15) is 6.10 Å². The molecule has 0 aromatic heterocycles. The van der Waals surface area contributed by atoms with E-state index >= 15 is 0 Å². The van der Waals surface area contributed by atoms with Gasteiger partial charge in [0.15, 0.2) is 6.61 Å². The highest BCUT2D eigenvalue weighted by Crippen LogP contribution is 2.45. The van der Waals surface area contributed by atoms with Gasteiger partial charge in [-0.05, 0) is 37.5 Å². The van der Waals surface area contributed by atoms with E-state index in [4.69, 9.17) is 14.0 Å². The van der Waals surface area contributed by atoms with Gasteiger partial charge in [-0.15, -0.1) is 0 Å². The SMILES string of the molecule is O=C(OCC(F)(F)S(=O)(=O)O)C1CCCC2C(OCC3CO3)CCCC12. The Labute approximate surface area is 151 Å². The van der Waals surface area contributed by atoms with Crippen LogP contribution in [0.4, 0.5) is 8.78 Å². The summed E-state index contributed by atoms with van der Waals surface area (Å²) in [5, 5.41) is -4.50. The summed E-state index contributed by atoms with van der Waals surface area (Å²) in [5.74, 6) is -1.23. The highest BCUT2D eigenvalue weighted by molar-refractivity contribution is 7.86. The third-order valence-corrected chi connectivity index (χ3v) is 6.46. The minimum absolute atomic E-state index is 0.0190. The monoisotopic (exact) mass is 398 g/mol. The third-order valence-electron chi connectivity index (χ3n) is 5.58. The van der Waals surface area contributed by atoms with Crippen LogP contribution in [0.15, 0.2) is 0 Å². The van der Waals surface area contributed by atoms with Gasteiger partial charge in [-0.2, -0.15) is 17.2 Å². The van der Waals surface area contributed by atoms with E-state index in [-0.39, 0.29) is 24.0 Å². The zero-order valence-electron chi connectivity index (χ0n) is 14.3. The van der Waals surface area contributed by atoms with Gasteiger partial charge in [0.25, 0.3) is 0 Å². The molecule has 1 N–H and O–H groups in total. The Hall–Kier alpha value is -0.840. The van der Waals surface area contributed by atoms with Crippen molar-refractivity contribution >= 4 is 16.1 Å². The number of ether oxygens (including phenoxy) is 3. The number of carbonyl (C=O) groups excluding carboxylic acids is 1. The summed E-state index contributed by atoms with van der Waals surface area (Å²) in [4.78, 5) is 12.3. The van der Waals surface area contributed by atoms with Crippen molar-refractivity contribution in [2.45, 2.75) is 56.0 Å². The Morgan fingerprint density at radius 2 is 1.81 bits per heavy atom. The van der Waals surface area contributed by atoms with E-state index in [1.165, 1.54) is 0 Å². The maximum atomic E-state index is 13.3. The van der Waals surface area contributed by atoms with Gasteiger partial charge in [-0.1, -0.05) is 12.8 Å². The van der Waals surface area contributed by atoms with Crippen LogP contribution in [-0.4, -0.2) is 56.2 Å². The normalized spacial score (nSPS) is 34.8. The minimum Gasteiger partial charge on any atom is -0.458 e. The fourth-order valence-corrected chi connectivity index (χ4v) is 4.38. The van der Waals surface area contributed by atoms with Gasteiger partial charge in [-0.3, -0.25) is 9.35 Å². The van der Waals surface area contributed by atoms with Crippen LogP contribution in [0.3, 0.4) is 0 Å². The summed E-state index contributed by atoms with van der Waals surface area (Å²) in [6.07, 6.45) is 4.93. The summed E-state index contributed by atoms with van der Waals surface area (Å²) in [7, 11) is -5.61. The number of esters is 1. The number of epoxide rings is 1. The lowest BCUT2D eigenvalue weighted by molar-refractivity contribution is -0.162. The number of fused-ring (bicyclic) bond motifs is 1. The van der Waals surface area contributed by atoms with Crippen LogP contribution >= 0.6 is 0 Å². The van der Waals surface area contributed by atoms with Gasteiger partial charge in [-0.25, -0.2) is 0 Å². The number of alkyl halides is 2.